The van der Waals surface area contributed by atoms with Gasteiger partial charge in [0.15, 0.2) is 0 Å². The number of fused-ring (bicyclic) bond motifs is 1. The van der Waals surface area contributed by atoms with Crippen molar-refractivity contribution in [3.63, 3.8) is 0 Å². The molecule has 2 atom stereocenters. The summed E-state index contributed by atoms with van der Waals surface area (Å²) in [6, 6.07) is 0. The highest BCUT2D eigenvalue weighted by molar-refractivity contribution is 5.97. The van der Waals surface area contributed by atoms with Crippen LogP contribution in [0.3, 0.4) is 0 Å². The van der Waals surface area contributed by atoms with Gasteiger partial charge in [-0.25, -0.2) is 4.79 Å². The van der Waals surface area contributed by atoms with Crippen LogP contribution in [-0.4, -0.2) is 30.9 Å². The topological polar surface area (TPSA) is 73.9 Å². The summed E-state index contributed by atoms with van der Waals surface area (Å²) in [6.45, 7) is 0.351. The van der Waals surface area contributed by atoms with Crippen molar-refractivity contribution in [2.24, 2.45) is 16.8 Å². The molecule has 1 aliphatic heterocycles. The van der Waals surface area contributed by atoms with E-state index in [9.17, 15) is 4.79 Å². The molecule has 0 bridgehead atoms. The van der Waals surface area contributed by atoms with Gasteiger partial charge in [-0.15, -0.1) is 0 Å². The van der Waals surface area contributed by atoms with Gasteiger partial charge >= 0.3 is 5.97 Å². The molecule has 0 saturated heterocycles. The van der Waals surface area contributed by atoms with Crippen LogP contribution in [0.5, 0.6) is 0 Å². The van der Waals surface area contributed by atoms with Crippen LogP contribution in [0.4, 0.5) is 0 Å². The molecule has 0 spiro atoms. The van der Waals surface area contributed by atoms with Gasteiger partial charge in [0.05, 0.1) is 18.7 Å². The Balaban J connectivity index is 2.25. The number of oxime groups is 1. The van der Waals surface area contributed by atoms with E-state index in [0.29, 0.717) is 13.0 Å². The van der Waals surface area contributed by atoms with Crippen LogP contribution in [0.25, 0.3) is 0 Å². The van der Waals surface area contributed by atoms with Gasteiger partial charge in [0.2, 0.25) is 5.60 Å². The van der Waals surface area contributed by atoms with Crippen LogP contribution < -0.4 is 5.73 Å². The molecule has 2 N–H and O–H groups in total. The SMILES string of the molecule is COC(=O)C12CCCC1C(CN)=NO2. The highest BCUT2D eigenvalue weighted by atomic mass is 16.7. The summed E-state index contributed by atoms with van der Waals surface area (Å²) in [6.07, 6.45) is 2.54. The third-order valence-corrected chi connectivity index (χ3v) is 3.07. The molecule has 2 unspecified atom stereocenters. The molecule has 5 nitrogen and oxygen atoms in total. The summed E-state index contributed by atoms with van der Waals surface area (Å²) < 4.78 is 4.75. The Hall–Kier alpha value is -1.10. The first kappa shape index (κ1) is 9.45. The fourth-order valence-corrected chi connectivity index (χ4v) is 2.36. The Morgan fingerprint density at radius 2 is 2.64 bits per heavy atom. The van der Waals surface area contributed by atoms with E-state index >= 15 is 0 Å². The lowest BCUT2D eigenvalue weighted by Crippen LogP contribution is -2.44. The largest absolute Gasteiger partial charge is 0.466 e. The van der Waals surface area contributed by atoms with Crippen molar-refractivity contribution < 1.29 is 14.4 Å². The first-order chi connectivity index (χ1) is 6.74. The third kappa shape index (κ3) is 1.05. The summed E-state index contributed by atoms with van der Waals surface area (Å²) in [5, 5.41) is 3.87. The number of carbonyl (C=O) groups is 1. The summed E-state index contributed by atoms with van der Waals surface area (Å²) >= 11 is 0. The van der Waals surface area contributed by atoms with Crippen molar-refractivity contribution in [1.29, 1.82) is 0 Å². The number of hydrogen-bond acceptors (Lipinski definition) is 5. The third-order valence-electron chi connectivity index (χ3n) is 3.07. The van der Waals surface area contributed by atoms with Gasteiger partial charge in [-0.3, -0.25) is 0 Å². The minimum absolute atomic E-state index is 0.0277. The van der Waals surface area contributed by atoms with Crippen LogP contribution in [0, 0.1) is 5.92 Å². The minimum Gasteiger partial charge on any atom is -0.466 e. The lowest BCUT2D eigenvalue weighted by Gasteiger charge is -2.23. The zero-order chi connectivity index (χ0) is 10.2. The summed E-state index contributed by atoms with van der Waals surface area (Å²) in [7, 11) is 1.37. The van der Waals surface area contributed by atoms with E-state index in [2.05, 4.69) is 5.16 Å². The van der Waals surface area contributed by atoms with E-state index in [-0.39, 0.29) is 11.9 Å². The predicted molar refractivity (Wildman–Crippen MR) is 49.7 cm³/mol. The summed E-state index contributed by atoms with van der Waals surface area (Å²) in [4.78, 5) is 16.9. The van der Waals surface area contributed by atoms with Crippen molar-refractivity contribution in [2.75, 3.05) is 13.7 Å². The molecule has 1 fully saturated rings. The molecule has 0 aromatic carbocycles. The number of nitrogens with zero attached hydrogens (tertiary/aromatic N) is 1. The van der Waals surface area contributed by atoms with Crippen LogP contribution >= 0.6 is 0 Å². The van der Waals surface area contributed by atoms with Gasteiger partial charge in [0.1, 0.15) is 0 Å². The molecule has 2 aliphatic rings. The van der Waals surface area contributed by atoms with Gasteiger partial charge < -0.3 is 15.3 Å². The van der Waals surface area contributed by atoms with Gasteiger partial charge in [0, 0.05) is 13.0 Å². The maximum absolute atomic E-state index is 11.6. The normalized spacial score (nSPS) is 34.7. The number of nitrogens with two attached hydrogens (primary N) is 1. The summed E-state index contributed by atoms with van der Waals surface area (Å²) in [5.74, 6) is -0.299. The van der Waals surface area contributed by atoms with Crippen LogP contribution in [0.2, 0.25) is 0 Å². The first-order valence-electron chi connectivity index (χ1n) is 4.78. The molecule has 2 rings (SSSR count). The van der Waals surface area contributed by atoms with E-state index in [1.807, 2.05) is 0 Å². The van der Waals surface area contributed by atoms with Gasteiger partial charge in [-0.1, -0.05) is 5.16 Å². The van der Waals surface area contributed by atoms with E-state index in [4.69, 9.17) is 15.3 Å². The predicted octanol–water partition coefficient (Wildman–Crippen LogP) is 0.0432. The molecule has 5 heteroatoms. The van der Waals surface area contributed by atoms with Crippen molar-refractivity contribution in [3.05, 3.63) is 0 Å². The Morgan fingerprint density at radius 1 is 1.86 bits per heavy atom. The average Bonchev–Trinajstić information content (AvgIpc) is 2.74. The number of ether oxygens (including phenoxy) is 1. The van der Waals surface area contributed by atoms with Gasteiger partial charge in [-0.05, 0) is 12.8 Å². The minimum atomic E-state index is -0.858. The molecule has 0 aromatic heterocycles. The lowest BCUT2D eigenvalue weighted by molar-refractivity contribution is -0.168. The highest BCUT2D eigenvalue weighted by Crippen LogP contribution is 2.44. The molecule has 0 aromatic rings. The molecule has 1 aliphatic carbocycles. The molecule has 78 valence electrons. The van der Waals surface area contributed by atoms with E-state index in [1.165, 1.54) is 7.11 Å². The number of methoxy groups -OCH3 is 1. The first-order valence-corrected chi connectivity index (χ1v) is 4.78. The Bertz CT molecular complexity index is 290. The van der Waals surface area contributed by atoms with Crippen LogP contribution in [0.1, 0.15) is 19.3 Å². The van der Waals surface area contributed by atoms with Gasteiger partial charge in [0.25, 0.3) is 0 Å². The molecule has 1 saturated carbocycles. The standard InChI is InChI=1S/C9H14N2O3/c1-13-8(12)9-4-2-3-6(9)7(5-10)11-14-9/h6H,2-5,10H2,1H3. The lowest BCUT2D eigenvalue weighted by atomic mass is 9.88. The van der Waals surface area contributed by atoms with E-state index < -0.39 is 5.60 Å². The number of hydrogen-bond donors (Lipinski definition) is 1. The zero-order valence-electron chi connectivity index (χ0n) is 8.16. The number of esters is 1. The highest BCUT2D eigenvalue weighted by Gasteiger charge is 2.58. The molecular formula is C9H14N2O3. The van der Waals surface area contributed by atoms with Crippen molar-refractivity contribution in [3.8, 4) is 0 Å². The van der Waals surface area contributed by atoms with E-state index in [0.717, 1.165) is 18.6 Å². The quantitative estimate of drug-likeness (QED) is 0.636. The maximum atomic E-state index is 11.6. The Morgan fingerprint density at radius 3 is 3.29 bits per heavy atom. The number of carbonyl (C=O) groups excluding carboxylic acids is 1. The average molecular weight is 198 g/mol. The second-order valence-electron chi connectivity index (χ2n) is 3.70. The second-order valence-corrected chi connectivity index (χ2v) is 3.70. The molecule has 14 heavy (non-hydrogen) atoms. The van der Waals surface area contributed by atoms with Gasteiger partial charge in [-0.2, -0.15) is 0 Å². The monoisotopic (exact) mass is 198 g/mol. The van der Waals surface area contributed by atoms with Crippen molar-refractivity contribution in [1.82, 2.24) is 0 Å². The molecular weight excluding hydrogens is 184 g/mol. The van der Waals surface area contributed by atoms with Crippen molar-refractivity contribution in [2.45, 2.75) is 24.9 Å². The zero-order valence-corrected chi connectivity index (χ0v) is 8.16. The second kappa shape index (κ2) is 3.24. The Kier molecular flexibility index (Phi) is 2.19. The molecule has 0 radical (unpaired) electrons. The smallest absolute Gasteiger partial charge is 0.353 e. The molecule has 1 heterocycles. The fraction of sp³-hybridized carbons (Fsp3) is 0.778. The van der Waals surface area contributed by atoms with E-state index in [1.54, 1.807) is 0 Å². The van der Waals surface area contributed by atoms with Crippen LogP contribution in [-0.2, 0) is 14.4 Å². The maximum Gasteiger partial charge on any atom is 0.353 e. The Labute approximate surface area is 82.2 Å². The molecule has 0 amide bonds. The number of rotatable bonds is 2. The van der Waals surface area contributed by atoms with Crippen LogP contribution in [0.15, 0.2) is 5.16 Å². The summed E-state index contributed by atoms with van der Waals surface area (Å²) in [5.41, 5.74) is 5.45. The fourth-order valence-electron chi connectivity index (χ4n) is 2.36. The van der Waals surface area contributed by atoms with Crippen molar-refractivity contribution >= 4 is 11.7 Å².